The summed E-state index contributed by atoms with van der Waals surface area (Å²) >= 11 is 11.8. The van der Waals surface area contributed by atoms with Crippen LogP contribution in [0.5, 0.6) is 0 Å². The first-order valence-corrected chi connectivity index (χ1v) is 7.27. The van der Waals surface area contributed by atoms with Crippen LogP contribution in [-0.4, -0.2) is 4.98 Å². The van der Waals surface area contributed by atoms with Crippen LogP contribution in [0.2, 0.25) is 10.0 Å². The molecular weight excluding hydrogens is 362 g/mol. The molecule has 0 saturated carbocycles. The molecule has 0 aliphatic heterocycles. The van der Waals surface area contributed by atoms with E-state index in [9.17, 15) is 18.4 Å². The molecule has 0 spiro atoms. The molecule has 24 heavy (non-hydrogen) atoms. The van der Waals surface area contributed by atoms with Gasteiger partial charge < -0.3 is 0 Å². The van der Waals surface area contributed by atoms with E-state index in [1.165, 1.54) is 24.3 Å². The Morgan fingerprint density at radius 2 is 1.67 bits per heavy atom. The quantitative estimate of drug-likeness (QED) is 0.753. The van der Waals surface area contributed by atoms with Crippen molar-refractivity contribution in [3.63, 3.8) is 0 Å². The van der Waals surface area contributed by atoms with Crippen LogP contribution in [0.15, 0.2) is 36.5 Å². The maximum atomic E-state index is 12.8. The molecule has 1 aromatic carbocycles. The summed E-state index contributed by atoms with van der Waals surface area (Å²) in [6.07, 6.45) is -4.34. The second-order valence-corrected chi connectivity index (χ2v) is 5.75. The molecule has 2 aromatic rings. The predicted molar refractivity (Wildman–Crippen MR) is 82.3 cm³/mol. The van der Waals surface area contributed by atoms with Crippen molar-refractivity contribution in [2.24, 2.45) is 0 Å². The van der Waals surface area contributed by atoms with Gasteiger partial charge in [-0.15, -0.1) is 0 Å². The Morgan fingerprint density at radius 1 is 1.04 bits per heavy atom. The van der Waals surface area contributed by atoms with E-state index in [4.69, 9.17) is 28.5 Å². The number of halogens is 5. The molecule has 122 valence electrons. The van der Waals surface area contributed by atoms with Gasteiger partial charge in [0.15, 0.2) is 0 Å². The number of alkyl halides is 3. The Balaban J connectivity index is 2.68. The highest BCUT2D eigenvalue weighted by atomic mass is 35.5. The van der Waals surface area contributed by atoms with Crippen molar-refractivity contribution in [3.05, 3.63) is 63.4 Å². The van der Waals surface area contributed by atoms with Gasteiger partial charge in [-0.2, -0.15) is 23.7 Å². The fourth-order valence-electron chi connectivity index (χ4n) is 2.24. The summed E-state index contributed by atoms with van der Waals surface area (Å²) in [5.74, 6) is 0. The molecule has 1 heterocycles. The largest absolute Gasteiger partial charge is 0.417 e. The second kappa shape index (κ2) is 6.68. The Kier molecular flexibility index (Phi) is 5.03. The lowest BCUT2D eigenvalue weighted by atomic mass is 9.76. The maximum Gasteiger partial charge on any atom is 0.417 e. The fourth-order valence-corrected chi connectivity index (χ4v) is 2.69. The molecule has 2 rings (SSSR count). The zero-order valence-corrected chi connectivity index (χ0v) is 13.4. The molecule has 0 aliphatic rings. The van der Waals surface area contributed by atoms with Crippen LogP contribution in [-0.2, 0) is 11.6 Å². The molecule has 0 bridgehead atoms. The summed E-state index contributed by atoms with van der Waals surface area (Å²) in [7, 11) is 0. The van der Waals surface area contributed by atoms with E-state index in [1.54, 1.807) is 0 Å². The Hall–Kier alpha value is -2.28. The van der Waals surface area contributed by atoms with Gasteiger partial charge in [0, 0.05) is 11.2 Å². The third kappa shape index (κ3) is 3.31. The normalized spacial score (nSPS) is 13.6. The van der Waals surface area contributed by atoms with Gasteiger partial charge in [-0.05, 0) is 23.8 Å². The van der Waals surface area contributed by atoms with Crippen molar-refractivity contribution >= 4 is 23.2 Å². The van der Waals surface area contributed by atoms with Crippen LogP contribution in [0.1, 0.15) is 23.2 Å². The van der Waals surface area contributed by atoms with Gasteiger partial charge in [0.2, 0.25) is 0 Å². The highest BCUT2D eigenvalue weighted by Crippen LogP contribution is 2.40. The number of hydrogen-bond donors (Lipinski definition) is 0. The topological polar surface area (TPSA) is 60.5 Å². The third-order valence-corrected chi connectivity index (χ3v) is 3.98. The van der Waals surface area contributed by atoms with Crippen molar-refractivity contribution in [1.29, 1.82) is 10.5 Å². The lowest BCUT2D eigenvalue weighted by Gasteiger charge is -2.25. The number of nitrogens with zero attached hydrogens (tertiary/aromatic N) is 3. The zero-order valence-electron chi connectivity index (χ0n) is 11.9. The van der Waals surface area contributed by atoms with E-state index >= 15 is 0 Å². The van der Waals surface area contributed by atoms with Crippen molar-refractivity contribution < 1.29 is 13.2 Å². The first-order valence-electron chi connectivity index (χ1n) is 6.52. The Morgan fingerprint density at radius 3 is 2.12 bits per heavy atom. The van der Waals surface area contributed by atoms with E-state index in [0.29, 0.717) is 22.8 Å². The van der Waals surface area contributed by atoms with E-state index in [0.717, 1.165) is 0 Å². The van der Waals surface area contributed by atoms with Gasteiger partial charge in [0.25, 0.3) is 0 Å². The predicted octanol–water partition coefficient (Wildman–Crippen LogP) is 5.13. The average Bonchev–Trinajstić information content (AvgIpc) is 2.53. The highest BCUT2D eigenvalue weighted by Gasteiger charge is 2.40. The molecule has 0 amide bonds. The Bertz CT molecular complexity index is 836. The number of hydrogen-bond acceptors (Lipinski definition) is 3. The molecule has 0 aliphatic carbocycles. The van der Waals surface area contributed by atoms with Crippen LogP contribution in [0, 0.1) is 22.7 Å². The molecule has 3 nitrogen and oxygen atoms in total. The summed E-state index contributed by atoms with van der Waals surface area (Å²) in [5.41, 5.74) is -2.37. The van der Waals surface area contributed by atoms with Crippen LogP contribution in [0.25, 0.3) is 0 Å². The number of pyridine rings is 1. The van der Waals surface area contributed by atoms with Gasteiger partial charge in [-0.3, -0.25) is 4.98 Å². The first-order chi connectivity index (χ1) is 11.2. The molecule has 0 radical (unpaired) electrons. The minimum atomic E-state index is -4.61. The summed E-state index contributed by atoms with van der Waals surface area (Å²) in [5, 5.41) is 18.9. The molecule has 0 N–H and O–H groups in total. The lowest BCUT2D eigenvalue weighted by Crippen LogP contribution is -2.27. The van der Waals surface area contributed by atoms with Gasteiger partial charge in [0.05, 0.1) is 34.8 Å². The number of nitriles is 2. The van der Waals surface area contributed by atoms with Crippen molar-refractivity contribution in [2.75, 3.05) is 0 Å². The minimum absolute atomic E-state index is 0.108. The van der Waals surface area contributed by atoms with E-state index in [1.807, 2.05) is 12.1 Å². The van der Waals surface area contributed by atoms with Gasteiger partial charge in [0.1, 0.15) is 5.41 Å². The summed E-state index contributed by atoms with van der Waals surface area (Å²) < 4.78 is 38.3. The van der Waals surface area contributed by atoms with Crippen LogP contribution >= 0.6 is 23.2 Å². The Labute approximate surface area is 145 Å². The van der Waals surface area contributed by atoms with Crippen molar-refractivity contribution in [3.8, 4) is 12.1 Å². The van der Waals surface area contributed by atoms with E-state index in [2.05, 4.69) is 4.98 Å². The molecule has 1 atom stereocenters. The second-order valence-electron chi connectivity index (χ2n) is 4.91. The van der Waals surface area contributed by atoms with Crippen LogP contribution in [0.4, 0.5) is 13.2 Å². The summed E-state index contributed by atoms with van der Waals surface area (Å²) in [6, 6.07) is 10.6. The molecule has 8 heteroatoms. The lowest BCUT2D eigenvalue weighted by molar-refractivity contribution is -0.137. The smallest absolute Gasteiger partial charge is 0.257 e. The van der Waals surface area contributed by atoms with Gasteiger partial charge in [-0.1, -0.05) is 35.3 Å². The first kappa shape index (κ1) is 18.1. The SMILES string of the molecule is N#CC[C@@](C#N)(c1ccc(Cl)cc1)c1ncc(C(F)(F)F)cc1Cl. The molecular formula is C16H8Cl2F3N3. The number of aromatic nitrogens is 1. The number of rotatable bonds is 3. The van der Waals surface area contributed by atoms with Crippen LogP contribution in [0.3, 0.4) is 0 Å². The van der Waals surface area contributed by atoms with Crippen molar-refractivity contribution in [2.45, 2.75) is 18.0 Å². The molecule has 0 saturated heterocycles. The standard InChI is InChI=1S/C16H8Cl2F3N3/c17-12-3-1-10(2-4-12)15(9-23,5-6-22)14-13(18)7-11(8-24-14)16(19,20)21/h1-4,7-8H,5H2/t15-/m1/s1. The number of benzene rings is 1. The summed E-state index contributed by atoms with van der Waals surface area (Å²) in [4.78, 5) is 3.75. The highest BCUT2D eigenvalue weighted by molar-refractivity contribution is 6.31. The van der Waals surface area contributed by atoms with Gasteiger partial charge in [-0.25, -0.2) is 0 Å². The molecule has 0 fully saturated rings. The monoisotopic (exact) mass is 369 g/mol. The maximum absolute atomic E-state index is 12.8. The summed E-state index contributed by atoms with van der Waals surface area (Å²) in [6.45, 7) is 0. The zero-order chi connectivity index (χ0) is 18.0. The fraction of sp³-hybridized carbons (Fsp3) is 0.188. The van der Waals surface area contributed by atoms with E-state index in [-0.39, 0.29) is 17.1 Å². The average molecular weight is 370 g/mol. The minimum Gasteiger partial charge on any atom is -0.257 e. The van der Waals surface area contributed by atoms with Crippen LogP contribution < -0.4 is 0 Å². The van der Waals surface area contributed by atoms with Crippen molar-refractivity contribution in [1.82, 2.24) is 4.98 Å². The molecule has 0 unspecified atom stereocenters. The molecule has 1 aromatic heterocycles. The van der Waals surface area contributed by atoms with E-state index < -0.39 is 17.2 Å². The third-order valence-electron chi connectivity index (χ3n) is 3.44. The van der Waals surface area contributed by atoms with Gasteiger partial charge >= 0.3 is 6.18 Å².